The molecule has 2 N–H and O–H groups in total. The van der Waals surface area contributed by atoms with Gasteiger partial charge in [0.1, 0.15) is 6.61 Å². The van der Waals surface area contributed by atoms with E-state index in [1.165, 1.54) is 0 Å². The maximum absolute atomic E-state index is 11.4. The Morgan fingerprint density at radius 3 is 3.07 bits per heavy atom. The number of carbonyl (C=O) groups excluding carboxylic acids is 1. The second-order valence-corrected chi connectivity index (χ2v) is 4.20. The van der Waals surface area contributed by atoms with Gasteiger partial charge in [0.15, 0.2) is 0 Å². The van der Waals surface area contributed by atoms with Crippen LogP contribution in [0.15, 0.2) is 17.5 Å². The fourth-order valence-corrected chi connectivity index (χ4v) is 1.66. The van der Waals surface area contributed by atoms with Crippen LogP contribution in [0.3, 0.4) is 0 Å². The third-order valence-corrected chi connectivity index (χ3v) is 2.79. The average molecular weight is 213 g/mol. The lowest BCUT2D eigenvalue weighted by atomic mass is 10.1. The van der Waals surface area contributed by atoms with Crippen LogP contribution in [0.2, 0.25) is 0 Å². The van der Waals surface area contributed by atoms with Gasteiger partial charge in [0.05, 0.1) is 5.92 Å². The first-order valence-electron chi connectivity index (χ1n) is 4.63. The van der Waals surface area contributed by atoms with Crippen molar-refractivity contribution in [2.75, 3.05) is 6.54 Å². The molecule has 0 bridgehead atoms. The molecule has 1 unspecified atom stereocenters. The summed E-state index contributed by atoms with van der Waals surface area (Å²) in [6, 6.07) is 3.89. The summed E-state index contributed by atoms with van der Waals surface area (Å²) in [5.41, 5.74) is 5.35. The van der Waals surface area contributed by atoms with Crippen molar-refractivity contribution >= 4 is 17.3 Å². The van der Waals surface area contributed by atoms with Crippen LogP contribution in [0.4, 0.5) is 0 Å². The Labute approximate surface area is 87.9 Å². The Bertz CT molecular complexity index is 272. The third-order valence-electron chi connectivity index (χ3n) is 1.94. The van der Waals surface area contributed by atoms with E-state index in [1.807, 2.05) is 24.4 Å². The van der Waals surface area contributed by atoms with E-state index in [-0.39, 0.29) is 11.9 Å². The van der Waals surface area contributed by atoms with Gasteiger partial charge in [-0.05, 0) is 24.4 Å². The van der Waals surface area contributed by atoms with Crippen LogP contribution >= 0.6 is 11.3 Å². The van der Waals surface area contributed by atoms with Gasteiger partial charge in [0, 0.05) is 4.88 Å². The minimum Gasteiger partial charge on any atom is -0.460 e. The lowest BCUT2D eigenvalue weighted by molar-refractivity contribution is -0.149. The molecule has 0 aliphatic carbocycles. The molecule has 0 aliphatic heterocycles. The standard InChI is InChI=1S/C10H15NO2S/c1-8(4-5-11)10(12)13-7-9-3-2-6-14-9/h2-3,6,8H,4-5,7,11H2,1H3. The van der Waals surface area contributed by atoms with Crippen LogP contribution in [-0.4, -0.2) is 12.5 Å². The molecule has 14 heavy (non-hydrogen) atoms. The first-order valence-corrected chi connectivity index (χ1v) is 5.51. The van der Waals surface area contributed by atoms with E-state index >= 15 is 0 Å². The van der Waals surface area contributed by atoms with Gasteiger partial charge in [-0.3, -0.25) is 4.79 Å². The van der Waals surface area contributed by atoms with Gasteiger partial charge in [-0.15, -0.1) is 11.3 Å². The molecular weight excluding hydrogens is 198 g/mol. The molecule has 0 fully saturated rings. The highest BCUT2D eigenvalue weighted by Gasteiger charge is 2.13. The molecule has 4 heteroatoms. The van der Waals surface area contributed by atoms with Gasteiger partial charge in [0.2, 0.25) is 0 Å². The number of esters is 1. The number of hydrogen-bond acceptors (Lipinski definition) is 4. The Morgan fingerprint density at radius 2 is 2.50 bits per heavy atom. The lowest BCUT2D eigenvalue weighted by Gasteiger charge is -2.09. The van der Waals surface area contributed by atoms with Gasteiger partial charge in [-0.1, -0.05) is 13.0 Å². The zero-order valence-electron chi connectivity index (χ0n) is 8.23. The summed E-state index contributed by atoms with van der Waals surface area (Å²) < 4.78 is 5.12. The largest absolute Gasteiger partial charge is 0.460 e. The highest BCUT2D eigenvalue weighted by atomic mass is 32.1. The van der Waals surface area contributed by atoms with Crippen LogP contribution in [0.25, 0.3) is 0 Å². The minimum absolute atomic E-state index is 0.0973. The van der Waals surface area contributed by atoms with Crippen molar-refractivity contribution in [3.63, 3.8) is 0 Å². The second kappa shape index (κ2) is 5.78. The molecule has 1 aromatic rings. The Balaban J connectivity index is 2.27. The smallest absolute Gasteiger partial charge is 0.309 e. The number of nitrogens with two attached hydrogens (primary N) is 1. The molecule has 3 nitrogen and oxygen atoms in total. The summed E-state index contributed by atoms with van der Waals surface area (Å²) in [6.07, 6.45) is 0.684. The number of ether oxygens (including phenoxy) is 1. The first-order chi connectivity index (χ1) is 6.74. The van der Waals surface area contributed by atoms with Crippen LogP contribution in [-0.2, 0) is 16.1 Å². The predicted octanol–water partition coefficient (Wildman–Crippen LogP) is 1.78. The highest BCUT2D eigenvalue weighted by Crippen LogP contribution is 2.11. The number of hydrogen-bond donors (Lipinski definition) is 1. The monoisotopic (exact) mass is 213 g/mol. The molecule has 1 atom stereocenters. The van der Waals surface area contributed by atoms with Crippen LogP contribution in [0.5, 0.6) is 0 Å². The van der Waals surface area contributed by atoms with E-state index in [4.69, 9.17) is 10.5 Å². The van der Waals surface area contributed by atoms with E-state index < -0.39 is 0 Å². The number of thiophene rings is 1. The Hall–Kier alpha value is -0.870. The van der Waals surface area contributed by atoms with Crippen molar-refractivity contribution in [3.8, 4) is 0 Å². The van der Waals surface area contributed by atoms with Gasteiger partial charge in [0.25, 0.3) is 0 Å². The van der Waals surface area contributed by atoms with Crippen LogP contribution in [0, 0.1) is 5.92 Å². The molecule has 1 aromatic heterocycles. The average Bonchev–Trinajstić information content (AvgIpc) is 2.67. The number of carbonyl (C=O) groups is 1. The summed E-state index contributed by atoms with van der Waals surface area (Å²) in [5, 5.41) is 1.96. The van der Waals surface area contributed by atoms with E-state index in [9.17, 15) is 4.79 Å². The van der Waals surface area contributed by atoms with Crippen molar-refractivity contribution in [1.82, 2.24) is 0 Å². The van der Waals surface area contributed by atoms with Crippen LogP contribution in [0.1, 0.15) is 18.2 Å². The lowest BCUT2D eigenvalue weighted by Crippen LogP contribution is -2.17. The molecule has 0 spiro atoms. The van der Waals surface area contributed by atoms with Crippen molar-refractivity contribution in [2.24, 2.45) is 11.7 Å². The third kappa shape index (κ3) is 3.47. The Kier molecular flexibility index (Phi) is 4.62. The summed E-state index contributed by atoms with van der Waals surface area (Å²) in [5.74, 6) is -0.260. The quantitative estimate of drug-likeness (QED) is 0.758. The molecule has 0 saturated heterocycles. The SMILES string of the molecule is CC(CCN)C(=O)OCc1cccs1. The van der Waals surface area contributed by atoms with E-state index in [0.717, 1.165) is 4.88 Å². The summed E-state index contributed by atoms with van der Waals surface area (Å²) in [7, 11) is 0. The molecule has 1 rings (SSSR count). The normalized spacial score (nSPS) is 12.4. The molecule has 78 valence electrons. The van der Waals surface area contributed by atoms with Crippen LogP contribution < -0.4 is 5.73 Å². The highest BCUT2D eigenvalue weighted by molar-refractivity contribution is 7.09. The zero-order valence-corrected chi connectivity index (χ0v) is 9.05. The number of rotatable bonds is 5. The van der Waals surface area contributed by atoms with E-state index in [0.29, 0.717) is 19.6 Å². The first kappa shape index (κ1) is 11.2. The van der Waals surface area contributed by atoms with Gasteiger partial charge in [-0.25, -0.2) is 0 Å². The molecule has 0 aliphatic rings. The van der Waals surface area contributed by atoms with Crippen molar-refractivity contribution in [3.05, 3.63) is 22.4 Å². The van der Waals surface area contributed by atoms with Crippen molar-refractivity contribution < 1.29 is 9.53 Å². The zero-order chi connectivity index (χ0) is 10.4. The maximum Gasteiger partial charge on any atom is 0.309 e. The summed E-state index contributed by atoms with van der Waals surface area (Å²) in [6.45, 7) is 2.74. The van der Waals surface area contributed by atoms with E-state index in [1.54, 1.807) is 11.3 Å². The van der Waals surface area contributed by atoms with Gasteiger partial charge in [-0.2, -0.15) is 0 Å². The molecule has 0 radical (unpaired) electrons. The molecule has 0 aromatic carbocycles. The Morgan fingerprint density at radius 1 is 1.71 bits per heavy atom. The maximum atomic E-state index is 11.4. The van der Waals surface area contributed by atoms with Crippen molar-refractivity contribution in [2.45, 2.75) is 20.0 Å². The molecule has 0 amide bonds. The topological polar surface area (TPSA) is 52.3 Å². The molecular formula is C10H15NO2S. The fraction of sp³-hybridized carbons (Fsp3) is 0.500. The molecule has 1 heterocycles. The summed E-state index contributed by atoms with van der Waals surface area (Å²) >= 11 is 1.59. The predicted molar refractivity (Wildman–Crippen MR) is 57.0 cm³/mol. The molecule has 0 saturated carbocycles. The minimum atomic E-state index is -0.163. The van der Waals surface area contributed by atoms with Gasteiger partial charge < -0.3 is 10.5 Å². The summed E-state index contributed by atoms with van der Waals surface area (Å²) in [4.78, 5) is 12.4. The second-order valence-electron chi connectivity index (χ2n) is 3.17. The van der Waals surface area contributed by atoms with E-state index in [2.05, 4.69) is 0 Å². The van der Waals surface area contributed by atoms with Crippen molar-refractivity contribution in [1.29, 1.82) is 0 Å². The van der Waals surface area contributed by atoms with Gasteiger partial charge >= 0.3 is 5.97 Å². The fourth-order valence-electron chi connectivity index (χ4n) is 1.05.